The smallest absolute Gasteiger partial charge is 0.224 e. The van der Waals surface area contributed by atoms with E-state index in [1.807, 2.05) is 0 Å². The summed E-state index contributed by atoms with van der Waals surface area (Å²) in [4.78, 5) is 8.48. The molecule has 0 radical (unpaired) electrons. The van der Waals surface area contributed by atoms with E-state index in [0.29, 0.717) is 12.6 Å². The second kappa shape index (κ2) is 7.45. The van der Waals surface area contributed by atoms with Gasteiger partial charge in [0.25, 0.3) is 0 Å². The van der Waals surface area contributed by atoms with Gasteiger partial charge in [-0.15, -0.1) is 0 Å². The number of rotatable bonds is 7. The minimum atomic E-state index is 0.265. The van der Waals surface area contributed by atoms with Crippen LogP contribution in [0.1, 0.15) is 19.8 Å². The van der Waals surface area contributed by atoms with E-state index < -0.39 is 0 Å². The highest BCUT2D eigenvalue weighted by atomic mass is 79.9. The number of hydrogen-bond acceptors (Lipinski definition) is 5. The Morgan fingerprint density at radius 3 is 2.88 bits per heavy atom. The van der Waals surface area contributed by atoms with E-state index in [0.717, 1.165) is 23.1 Å². The molecule has 0 amide bonds. The first-order valence-corrected chi connectivity index (χ1v) is 6.46. The summed E-state index contributed by atoms with van der Waals surface area (Å²) in [6.07, 6.45) is 3.87. The summed E-state index contributed by atoms with van der Waals surface area (Å²) >= 11 is 3.43. The van der Waals surface area contributed by atoms with Crippen molar-refractivity contribution >= 4 is 27.7 Å². The molecule has 5 nitrogen and oxygen atoms in total. The summed E-state index contributed by atoms with van der Waals surface area (Å²) in [5.41, 5.74) is 0. The SMILES string of the molecule is CCCC(COC)Nc1nc(NC)ncc1Br. The number of anilines is 2. The molecule has 0 fully saturated rings. The van der Waals surface area contributed by atoms with Crippen LogP contribution in [0.5, 0.6) is 0 Å². The Balaban J connectivity index is 2.76. The van der Waals surface area contributed by atoms with Gasteiger partial charge < -0.3 is 15.4 Å². The van der Waals surface area contributed by atoms with Gasteiger partial charge in [-0.3, -0.25) is 0 Å². The zero-order chi connectivity index (χ0) is 12.7. The van der Waals surface area contributed by atoms with Gasteiger partial charge >= 0.3 is 0 Å². The third kappa shape index (κ3) is 4.47. The van der Waals surface area contributed by atoms with Gasteiger partial charge in [0, 0.05) is 20.4 Å². The van der Waals surface area contributed by atoms with Crippen molar-refractivity contribution in [2.75, 3.05) is 31.4 Å². The molecule has 0 aromatic carbocycles. The second-order valence-electron chi connectivity index (χ2n) is 3.73. The third-order valence-corrected chi connectivity index (χ3v) is 2.89. The molecule has 0 aliphatic carbocycles. The summed E-state index contributed by atoms with van der Waals surface area (Å²) in [7, 11) is 3.50. The normalized spacial score (nSPS) is 12.2. The van der Waals surface area contributed by atoms with Crippen molar-refractivity contribution in [3.8, 4) is 0 Å². The lowest BCUT2D eigenvalue weighted by molar-refractivity contribution is 0.182. The van der Waals surface area contributed by atoms with Crippen LogP contribution in [0.2, 0.25) is 0 Å². The maximum Gasteiger partial charge on any atom is 0.224 e. The van der Waals surface area contributed by atoms with Crippen molar-refractivity contribution in [2.24, 2.45) is 0 Å². The van der Waals surface area contributed by atoms with E-state index in [1.165, 1.54) is 0 Å². The molecule has 2 N–H and O–H groups in total. The highest BCUT2D eigenvalue weighted by molar-refractivity contribution is 9.10. The van der Waals surface area contributed by atoms with Crippen LogP contribution >= 0.6 is 15.9 Å². The third-order valence-electron chi connectivity index (χ3n) is 2.31. The lowest BCUT2D eigenvalue weighted by atomic mass is 10.2. The number of ether oxygens (including phenoxy) is 1. The summed E-state index contributed by atoms with van der Waals surface area (Å²) < 4.78 is 6.04. The topological polar surface area (TPSA) is 59.1 Å². The quantitative estimate of drug-likeness (QED) is 0.810. The van der Waals surface area contributed by atoms with Crippen molar-refractivity contribution in [1.29, 1.82) is 0 Å². The Morgan fingerprint density at radius 2 is 2.29 bits per heavy atom. The summed E-state index contributed by atoms with van der Waals surface area (Å²) in [5, 5.41) is 6.28. The van der Waals surface area contributed by atoms with Crippen LogP contribution in [-0.4, -0.2) is 36.8 Å². The van der Waals surface area contributed by atoms with Crippen LogP contribution in [0, 0.1) is 0 Å². The molecule has 1 aromatic rings. The van der Waals surface area contributed by atoms with Gasteiger partial charge in [0.2, 0.25) is 5.95 Å². The number of halogens is 1. The Morgan fingerprint density at radius 1 is 1.53 bits per heavy atom. The molecule has 6 heteroatoms. The average molecular weight is 303 g/mol. The number of nitrogens with zero attached hydrogens (tertiary/aromatic N) is 2. The average Bonchev–Trinajstić information content (AvgIpc) is 2.32. The Kier molecular flexibility index (Phi) is 6.21. The van der Waals surface area contributed by atoms with Crippen molar-refractivity contribution in [3.63, 3.8) is 0 Å². The van der Waals surface area contributed by atoms with Crippen LogP contribution in [-0.2, 0) is 4.74 Å². The van der Waals surface area contributed by atoms with Gasteiger partial charge in [-0.2, -0.15) is 4.98 Å². The molecule has 0 bridgehead atoms. The molecular weight excluding hydrogens is 284 g/mol. The standard InChI is InChI=1S/C11H19BrN4O/c1-4-5-8(7-17-3)15-10-9(12)6-14-11(13-2)16-10/h6,8H,4-5,7H2,1-3H3,(H2,13,14,15,16). The molecule has 17 heavy (non-hydrogen) atoms. The summed E-state index contributed by atoms with van der Waals surface area (Å²) in [6.45, 7) is 2.82. The maximum atomic E-state index is 5.19. The molecule has 1 aromatic heterocycles. The molecule has 0 saturated carbocycles. The lowest BCUT2D eigenvalue weighted by Crippen LogP contribution is -2.25. The molecule has 0 spiro atoms. The minimum Gasteiger partial charge on any atom is -0.383 e. The van der Waals surface area contributed by atoms with Crippen LogP contribution in [0.3, 0.4) is 0 Å². The van der Waals surface area contributed by atoms with Crippen molar-refractivity contribution in [1.82, 2.24) is 9.97 Å². The molecular formula is C11H19BrN4O. The molecule has 0 saturated heterocycles. The summed E-state index contributed by atoms with van der Waals surface area (Å²) in [6, 6.07) is 0.265. The highest BCUT2D eigenvalue weighted by Crippen LogP contribution is 2.21. The fourth-order valence-corrected chi connectivity index (χ4v) is 1.83. The number of aromatic nitrogens is 2. The van der Waals surface area contributed by atoms with Gasteiger partial charge in [0.15, 0.2) is 0 Å². The van der Waals surface area contributed by atoms with E-state index in [4.69, 9.17) is 4.74 Å². The second-order valence-corrected chi connectivity index (χ2v) is 4.58. The first-order valence-electron chi connectivity index (χ1n) is 5.67. The maximum absolute atomic E-state index is 5.19. The van der Waals surface area contributed by atoms with E-state index in [2.05, 4.69) is 43.5 Å². The number of hydrogen-bond donors (Lipinski definition) is 2. The van der Waals surface area contributed by atoms with Crippen molar-refractivity contribution in [2.45, 2.75) is 25.8 Å². The number of nitrogens with one attached hydrogen (secondary N) is 2. The fourth-order valence-electron chi connectivity index (χ4n) is 1.53. The predicted octanol–water partition coefficient (Wildman–Crippen LogP) is 2.51. The van der Waals surface area contributed by atoms with Gasteiger partial charge in [-0.25, -0.2) is 4.98 Å². The van der Waals surface area contributed by atoms with E-state index >= 15 is 0 Å². The monoisotopic (exact) mass is 302 g/mol. The van der Waals surface area contributed by atoms with Crippen LogP contribution in [0.25, 0.3) is 0 Å². The van der Waals surface area contributed by atoms with E-state index in [-0.39, 0.29) is 6.04 Å². The van der Waals surface area contributed by atoms with Crippen LogP contribution in [0.15, 0.2) is 10.7 Å². The molecule has 1 atom stereocenters. The first-order chi connectivity index (χ1) is 8.21. The van der Waals surface area contributed by atoms with Crippen LogP contribution in [0.4, 0.5) is 11.8 Å². The molecule has 1 heterocycles. The van der Waals surface area contributed by atoms with Crippen molar-refractivity contribution in [3.05, 3.63) is 10.7 Å². The molecule has 0 aliphatic rings. The molecule has 1 unspecified atom stereocenters. The molecule has 96 valence electrons. The highest BCUT2D eigenvalue weighted by Gasteiger charge is 2.11. The molecule has 1 rings (SSSR count). The largest absolute Gasteiger partial charge is 0.383 e. The zero-order valence-electron chi connectivity index (χ0n) is 10.5. The Bertz CT molecular complexity index is 342. The Labute approximate surface area is 111 Å². The van der Waals surface area contributed by atoms with Crippen LogP contribution < -0.4 is 10.6 Å². The van der Waals surface area contributed by atoms with Gasteiger partial charge in [-0.05, 0) is 22.4 Å². The van der Waals surface area contributed by atoms with Gasteiger partial charge in [0.1, 0.15) is 5.82 Å². The van der Waals surface area contributed by atoms with E-state index in [9.17, 15) is 0 Å². The predicted molar refractivity (Wildman–Crippen MR) is 73.5 cm³/mol. The van der Waals surface area contributed by atoms with Gasteiger partial charge in [-0.1, -0.05) is 13.3 Å². The van der Waals surface area contributed by atoms with E-state index in [1.54, 1.807) is 20.4 Å². The Hall–Kier alpha value is -0.880. The lowest BCUT2D eigenvalue weighted by Gasteiger charge is -2.18. The van der Waals surface area contributed by atoms with Gasteiger partial charge in [0.05, 0.1) is 17.1 Å². The fraction of sp³-hybridized carbons (Fsp3) is 0.636. The molecule has 0 aliphatic heterocycles. The first kappa shape index (κ1) is 14.2. The summed E-state index contributed by atoms with van der Waals surface area (Å²) in [5.74, 6) is 1.39. The van der Waals surface area contributed by atoms with Crippen molar-refractivity contribution < 1.29 is 4.74 Å². The number of methoxy groups -OCH3 is 1. The zero-order valence-corrected chi connectivity index (χ0v) is 12.0. The minimum absolute atomic E-state index is 0.265.